The molecule has 17 heavy (non-hydrogen) atoms. The van der Waals surface area contributed by atoms with Crippen LogP contribution in [0.2, 0.25) is 5.02 Å². The quantitative estimate of drug-likeness (QED) is 0.476. The lowest BCUT2D eigenvalue weighted by molar-refractivity contribution is -0.164. The Hall–Kier alpha value is -1.49. The molecule has 0 radical (unpaired) electrons. The van der Waals surface area contributed by atoms with Crippen molar-refractivity contribution in [3.8, 4) is 0 Å². The predicted molar refractivity (Wildman–Crippen MR) is 57.4 cm³/mol. The lowest BCUT2D eigenvalue weighted by Crippen LogP contribution is -2.39. The van der Waals surface area contributed by atoms with Gasteiger partial charge in [0.15, 0.2) is 0 Å². The molecule has 0 aromatic heterocycles. The van der Waals surface area contributed by atoms with E-state index in [9.17, 15) is 18.4 Å². The molecule has 0 atom stereocenters. The van der Waals surface area contributed by atoms with Crippen LogP contribution in [0.1, 0.15) is 17.3 Å². The third-order valence-electron chi connectivity index (χ3n) is 1.90. The first-order chi connectivity index (χ1) is 7.89. The number of rotatable bonds is 4. The molecule has 0 heterocycles. The summed E-state index contributed by atoms with van der Waals surface area (Å²) < 4.78 is 30.8. The number of halogens is 3. The van der Waals surface area contributed by atoms with E-state index in [4.69, 9.17) is 11.6 Å². The van der Waals surface area contributed by atoms with E-state index in [1.165, 1.54) is 19.1 Å². The van der Waals surface area contributed by atoms with Gasteiger partial charge in [-0.25, -0.2) is 4.79 Å². The number of carbonyl (C=O) groups is 2. The number of carbonyl (C=O) groups excluding carboxylic acids is 2. The Balaban J connectivity index is 3.00. The van der Waals surface area contributed by atoms with Crippen molar-refractivity contribution in [3.05, 3.63) is 34.9 Å². The first-order valence-corrected chi connectivity index (χ1v) is 5.12. The maximum Gasteiger partial charge on any atom is 0.404 e. The molecule has 0 fully saturated rings. The van der Waals surface area contributed by atoms with E-state index in [0.29, 0.717) is 0 Å². The highest BCUT2D eigenvalue weighted by Gasteiger charge is 2.49. The highest BCUT2D eigenvalue weighted by atomic mass is 35.5. The van der Waals surface area contributed by atoms with E-state index in [2.05, 4.69) is 4.74 Å². The lowest BCUT2D eigenvalue weighted by atomic mass is 10.1. The van der Waals surface area contributed by atoms with Gasteiger partial charge in [-0.05, 0) is 19.1 Å². The van der Waals surface area contributed by atoms with E-state index in [1.54, 1.807) is 0 Å². The SMILES string of the molecule is CCOC(=O)C(F)(F)C(=O)c1cccc(Cl)c1. The first kappa shape index (κ1) is 13.6. The van der Waals surface area contributed by atoms with Gasteiger partial charge in [0.05, 0.1) is 6.61 Å². The summed E-state index contributed by atoms with van der Waals surface area (Å²) >= 11 is 5.57. The van der Waals surface area contributed by atoms with Crippen molar-refractivity contribution in [2.75, 3.05) is 6.61 Å². The number of ketones is 1. The maximum atomic E-state index is 13.3. The van der Waals surface area contributed by atoms with E-state index < -0.39 is 17.7 Å². The Morgan fingerprint density at radius 2 is 2.06 bits per heavy atom. The zero-order valence-corrected chi connectivity index (χ0v) is 9.63. The molecule has 0 saturated heterocycles. The topological polar surface area (TPSA) is 43.4 Å². The number of ether oxygens (including phenoxy) is 1. The summed E-state index contributed by atoms with van der Waals surface area (Å²) in [5.41, 5.74) is -0.337. The van der Waals surface area contributed by atoms with Gasteiger partial charge in [0.1, 0.15) is 0 Å². The Bertz CT molecular complexity index is 446. The van der Waals surface area contributed by atoms with Gasteiger partial charge in [-0.3, -0.25) is 4.79 Å². The maximum absolute atomic E-state index is 13.3. The minimum absolute atomic E-state index is 0.135. The van der Waals surface area contributed by atoms with Crippen molar-refractivity contribution in [1.29, 1.82) is 0 Å². The smallest absolute Gasteiger partial charge is 0.404 e. The zero-order valence-electron chi connectivity index (χ0n) is 8.88. The van der Waals surface area contributed by atoms with Crippen LogP contribution in [0, 0.1) is 0 Å². The van der Waals surface area contributed by atoms with Crippen LogP contribution >= 0.6 is 11.6 Å². The van der Waals surface area contributed by atoms with Gasteiger partial charge in [-0.1, -0.05) is 23.7 Å². The van der Waals surface area contributed by atoms with E-state index >= 15 is 0 Å². The highest BCUT2D eigenvalue weighted by molar-refractivity contribution is 6.31. The Kier molecular flexibility index (Phi) is 4.17. The molecule has 1 aromatic carbocycles. The number of esters is 1. The summed E-state index contributed by atoms with van der Waals surface area (Å²) in [4.78, 5) is 22.4. The number of hydrogen-bond donors (Lipinski definition) is 0. The largest absolute Gasteiger partial charge is 0.461 e. The van der Waals surface area contributed by atoms with Crippen molar-refractivity contribution >= 4 is 23.4 Å². The fraction of sp³-hybridized carbons (Fsp3) is 0.273. The van der Waals surface area contributed by atoms with E-state index in [-0.39, 0.29) is 17.2 Å². The van der Waals surface area contributed by atoms with Crippen LogP contribution in [0.25, 0.3) is 0 Å². The van der Waals surface area contributed by atoms with Gasteiger partial charge in [0, 0.05) is 10.6 Å². The fourth-order valence-corrected chi connectivity index (χ4v) is 1.32. The molecule has 92 valence electrons. The zero-order chi connectivity index (χ0) is 13.1. The predicted octanol–water partition coefficient (Wildman–Crippen LogP) is 2.72. The van der Waals surface area contributed by atoms with Crippen molar-refractivity contribution in [2.24, 2.45) is 0 Å². The third kappa shape index (κ3) is 3.00. The highest BCUT2D eigenvalue weighted by Crippen LogP contribution is 2.23. The van der Waals surface area contributed by atoms with Crippen molar-refractivity contribution < 1.29 is 23.1 Å². The van der Waals surface area contributed by atoms with Gasteiger partial charge in [-0.2, -0.15) is 8.78 Å². The molecule has 0 unspecified atom stereocenters. The van der Waals surface area contributed by atoms with Crippen LogP contribution in [-0.4, -0.2) is 24.3 Å². The van der Waals surface area contributed by atoms with Gasteiger partial charge < -0.3 is 4.74 Å². The molecule has 1 rings (SSSR count). The van der Waals surface area contributed by atoms with E-state index in [0.717, 1.165) is 12.1 Å². The Morgan fingerprint density at radius 1 is 1.41 bits per heavy atom. The molecule has 0 amide bonds. The van der Waals surface area contributed by atoms with Crippen LogP contribution in [0.15, 0.2) is 24.3 Å². The summed E-state index contributed by atoms with van der Waals surface area (Å²) in [6.45, 7) is 1.15. The van der Waals surface area contributed by atoms with Crippen LogP contribution in [0.3, 0.4) is 0 Å². The number of Topliss-reactive ketones (excluding diaryl/α,β-unsaturated/α-hetero) is 1. The van der Waals surface area contributed by atoms with Crippen LogP contribution in [0.4, 0.5) is 8.78 Å². The third-order valence-corrected chi connectivity index (χ3v) is 2.14. The van der Waals surface area contributed by atoms with Crippen molar-refractivity contribution in [1.82, 2.24) is 0 Å². The molecule has 6 heteroatoms. The summed E-state index contributed by atoms with van der Waals surface area (Å²) in [6, 6.07) is 5.00. The van der Waals surface area contributed by atoms with E-state index in [1.807, 2.05) is 0 Å². The van der Waals surface area contributed by atoms with Gasteiger partial charge in [-0.15, -0.1) is 0 Å². The summed E-state index contributed by atoms with van der Waals surface area (Å²) in [5.74, 6) is -7.68. The molecule has 0 spiro atoms. The minimum Gasteiger partial charge on any atom is -0.461 e. The van der Waals surface area contributed by atoms with Crippen LogP contribution < -0.4 is 0 Å². The minimum atomic E-state index is -4.19. The average molecular weight is 263 g/mol. The molecule has 0 N–H and O–H groups in total. The van der Waals surface area contributed by atoms with Crippen molar-refractivity contribution in [3.63, 3.8) is 0 Å². The molecule has 0 bridgehead atoms. The van der Waals surface area contributed by atoms with Crippen LogP contribution in [-0.2, 0) is 9.53 Å². The standard InChI is InChI=1S/C11H9ClF2O3/c1-2-17-10(16)11(13,14)9(15)7-4-3-5-8(12)6-7/h3-6H,2H2,1H3. The normalized spacial score (nSPS) is 11.1. The van der Waals surface area contributed by atoms with Crippen LogP contribution in [0.5, 0.6) is 0 Å². The molecule has 0 aliphatic rings. The summed E-state index contributed by atoms with van der Waals surface area (Å²) in [5, 5.41) is 0.135. The van der Waals surface area contributed by atoms with Gasteiger partial charge in [0.2, 0.25) is 5.78 Å². The second-order valence-electron chi connectivity index (χ2n) is 3.13. The average Bonchev–Trinajstić information content (AvgIpc) is 2.28. The first-order valence-electron chi connectivity index (χ1n) is 4.75. The molecular weight excluding hydrogens is 254 g/mol. The second kappa shape index (κ2) is 5.23. The number of hydrogen-bond acceptors (Lipinski definition) is 3. The second-order valence-corrected chi connectivity index (χ2v) is 3.57. The summed E-state index contributed by atoms with van der Waals surface area (Å²) in [6.07, 6.45) is 0. The molecule has 1 aromatic rings. The molecule has 0 saturated carbocycles. The number of alkyl halides is 2. The molecular formula is C11H9ClF2O3. The molecule has 3 nitrogen and oxygen atoms in total. The number of benzene rings is 1. The summed E-state index contributed by atoms with van der Waals surface area (Å²) in [7, 11) is 0. The molecule has 0 aliphatic carbocycles. The lowest BCUT2D eigenvalue weighted by Gasteiger charge is -2.13. The van der Waals surface area contributed by atoms with Crippen molar-refractivity contribution in [2.45, 2.75) is 12.8 Å². The Morgan fingerprint density at radius 3 is 2.59 bits per heavy atom. The Labute approximate surface area is 101 Å². The monoisotopic (exact) mass is 262 g/mol. The fourth-order valence-electron chi connectivity index (χ4n) is 1.13. The van der Waals surface area contributed by atoms with Gasteiger partial charge in [0.25, 0.3) is 0 Å². The molecule has 0 aliphatic heterocycles. The van der Waals surface area contributed by atoms with Gasteiger partial charge >= 0.3 is 11.9 Å².